The van der Waals surface area contributed by atoms with Crippen LogP contribution in [0.4, 0.5) is 0 Å². The molecule has 19 heavy (non-hydrogen) atoms. The summed E-state index contributed by atoms with van der Waals surface area (Å²) in [6, 6.07) is 6.79. The van der Waals surface area contributed by atoms with Crippen LogP contribution in [0.3, 0.4) is 0 Å². The number of carbonyl (C=O) groups is 1. The number of hydrogen-bond donors (Lipinski definition) is 1. The number of methoxy groups -OCH3 is 2. The van der Waals surface area contributed by atoms with Crippen molar-refractivity contribution in [2.75, 3.05) is 14.2 Å². The molecule has 0 bridgehead atoms. The predicted molar refractivity (Wildman–Crippen MR) is 68.0 cm³/mol. The number of furan rings is 1. The van der Waals surface area contributed by atoms with E-state index in [0.717, 1.165) is 5.56 Å². The third-order valence-electron chi connectivity index (χ3n) is 2.81. The Morgan fingerprint density at radius 3 is 2.68 bits per heavy atom. The van der Waals surface area contributed by atoms with Crippen molar-refractivity contribution in [2.45, 2.75) is 6.42 Å². The second kappa shape index (κ2) is 5.48. The van der Waals surface area contributed by atoms with E-state index in [1.807, 2.05) is 0 Å². The molecule has 0 fully saturated rings. The predicted octanol–water partition coefficient (Wildman–Crippen LogP) is 2.59. The molecule has 0 aliphatic rings. The highest BCUT2D eigenvalue weighted by Gasteiger charge is 2.16. The summed E-state index contributed by atoms with van der Waals surface area (Å²) in [5.41, 5.74) is 0.962. The quantitative estimate of drug-likeness (QED) is 0.896. The first-order chi connectivity index (χ1) is 9.15. The molecule has 0 aliphatic heterocycles. The van der Waals surface area contributed by atoms with Gasteiger partial charge in [0, 0.05) is 12.0 Å². The Labute approximate surface area is 110 Å². The fourth-order valence-electron chi connectivity index (χ4n) is 1.86. The van der Waals surface area contributed by atoms with Crippen LogP contribution in [-0.2, 0) is 6.42 Å². The molecule has 5 nitrogen and oxygen atoms in total. The minimum absolute atomic E-state index is 0.157. The van der Waals surface area contributed by atoms with Crippen LogP contribution in [0.15, 0.2) is 34.9 Å². The highest BCUT2D eigenvalue weighted by Crippen LogP contribution is 2.27. The normalized spacial score (nSPS) is 10.2. The summed E-state index contributed by atoms with van der Waals surface area (Å²) in [7, 11) is 3.13. The van der Waals surface area contributed by atoms with E-state index in [1.165, 1.54) is 12.3 Å². The Bertz CT molecular complexity index is 585. The Hall–Kier alpha value is -2.43. The van der Waals surface area contributed by atoms with Gasteiger partial charge in [-0.15, -0.1) is 0 Å². The molecule has 5 heteroatoms. The number of hydrogen-bond acceptors (Lipinski definition) is 4. The first-order valence-electron chi connectivity index (χ1n) is 5.66. The fraction of sp³-hybridized carbons (Fsp3) is 0.214. The van der Waals surface area contributed by atoms with Gasteiger partial charge in [-0.1, -0.05) is 0 Å². The highest BCUT2D eigenvalue weighted by atomic mass is 16.5. The van der Waals surface area contributed by atoms with E-state index in [4.69, 9.17) is 19.0 Å². The first-order valence-corrected chi connectivity index (χ1v) is 5.66. The van der Waals surface area contributed by atoms with Crippen molar-refractivity contribution in [3.8, 4) is 11.5 Å². The van der Waals surface area contributed by atoms with Crippen LogP contribution >= 0.6 is 0 Å². The van der Waals surface area contributed by atoms with Crippen molar-refractivity contribution < 1.29 is 23.8 Å². The third-order valence-corrected chi connectivity index (χ3v) is 2.81. The molecule has 0 saturated heterocycles. The van der Waals surface area contributed by atoms with Crippen LogP contribution in [0.1, 0.15) is 21.7 Å². The maximum Gasteiger partial charge on any atom is 0.339 e. The molecule has 1 N–H and O–H groups in total. The SMILES string of the molecule is COc1ccc(OC)c(Cc2occc2C(=O)O)c1. The lowest BCUT2D eigenvalue weighted by Gasteiger charge is -2.09. The van der Waals surface area contributed by atoms with E-state index >= 15 is 0 Å². The van der Waals surface area contributed by atoms with Crippen LogP contribution < -0.4 is 9.47 Å². The minimum Gasteiger partial charge on any atom is -0.497 e. The van der Waals surface area contributed by atoms with Gasteiger partial charge in [0.1, 0.15) is 22.8 Å². The number of aromatic carboxylic acids is 1. The molecular formula is C14H14O5. The van der Waals surface area contributed by atoms with E-state index in [0.29, 0.717) is 23.7 Å². The van der Waals surface area contributed by atoms with Crippen molar-refractivity contribution in [1.29, 1.82) is 0 Å². The van der Waals surface area contributed by atoms with Crippen molar-refractivity contribution >= 4 is 5.97 Å². The Morgan fingerprint density at radius 1 is 1.26 bits per heavy atom. The fourth-order valence-corrected chi connectivity index (χ4v) is 1.86. The van der Waals surface area contributed by atoms with Crippen molar-refractivity contribution in [3.05, 3.63) is 47.4 Å². The van der Waals surface area contributed by atoms with Gasteiger partial charge in [0.2, 0.25) is 0 Å². The lowest BCUT2D eigenvalue weighted by atomic mass is 10.1. The molecule has 0 saturated carbocycles. The summed E-state index contributed by atoms with van der Waals surface area (Å²) >= 11 is 0. The van der Waals surface area contributed by atoms with Gasteiger partial charge in [-0.3, -0.25) is 0 Å². The molecule has 1 aromatic heterocycles. The first kappa shape index (κ1) is 13.0. The van der Waals surface area contributed by atoms with Crippen LogP contribution in [-0.4, -0.2) is 25.3 Å². The van der Waals surface area contributed by atoms with Gasteiger partial charge in [0.25, 0.3) is 0 Å². The molecule has 0 atom stereocenters. The van der Waals surface area contributed by atoms with E-state index in [9.17, 15) is 4.79 Å². The van der Waals surface area contributed by atoms with E-state index in [-0.39, 0.29) is 5.56 Å². The van der Waals surface area contributed by atoms with Gasteiger partial charge in [-0.2, -0.15) is 0 Å². The molecule has 2 aromatic rings. The molecule has 0 unspecified atom stereocenters. The zero-order chi connectivity index (χ0) is 13.8. The lowest BCUT2D eigenvalue weighted by Crippen LogP contribution is -2.01. The zero-order valence-electron chi connectivity index (χ0n) is 10.7. The highest BCUT2D eigenvalue weighted by molar-refractivity contribution is 5.88. The Morgan fingerprint density at radius 2 is 2.05 bits per heavy atom. The summed E-state index contributed by atoms with van der Waals surface area (Å²) in [6.45, 7) is 0. The molecule has 0 amide bonds. The molecule has 0 radical (unpaired) electrons. The Balaban J connectivity index is 2.36. The van der Waals surface area contributed by atoms with Gasteiger partial charge in [0.05, 0.1) is 20.5 Å². The van der Waals surface area contributed by atoms with E-state index < -0.39 is 5.97 Å². The van der Waals surface area contributed by atoms with Gasteiger partial charge in [-0.25, -0.2) is 4.79 Å². The summed E-state index contributed by atoms with van der Waals surface area (Å²) < 4.78 is 15.6. The zero-order valence-corrected chi connectivity index (χ0v) is 10.7. The molecule has 0 spiro atoms. The molecular weight excluding hydrogens is 248 g/mol. The smallest absolute Gasteiger partial charge is 0.339 e. The average Bonchev–Trinajstić information content (AvgIpc) is 2.87. The maximum absolute atomic E-state index is 11.0. The monoisotopic (exact) mass is 262 g/mol. The van der Waals surface area contributed by atoms with Crippen molar-refractivity contribution in [2.24, 2.45) is 0 Å². The summed E-state index contributed by atoms with van der Waals surface area (Å²) in [4.78, 5) is 11.0. The average molecular weight is 262 g/mol. The second-order valence-electron chi connectivity index (χ2n) is 3.92. The minimum atomic E-state index is -1.01. The number of carboxylic acid groups (broad SMARTS) is 1. The topological polar surface area (TPSA) is 68.9 Å². The lowest BCUT2D eigenvalue weighted by molar-refractivity contribution is 0.0694. The summed E-state index contributed by atoms with van der Waals surface area (Å²) in [6.07, 6.45) is 1.69. The molecule has 0 aliphatic carbocycles. The van der Waals surface area contributed by atoms with E-state index in [2.05, 4.69) is 0 Å². The van der Waals surface area contributed by atoms with Crippen LogP contribution in [0.5, 0.6) is 11.5 Å². The summed E-state index contributed by atoms with van der Waals surface area (Å²) in [5, 5.41) is 9.04. The van der Waals surface area contributed by atoms with Crippen LogP contribution in [0.2, 0.25) is 0 Å². The van der Waals surface area contributed by atoms with Gasteiger partial charge < -0.3 is 19.0 Å². The van der Waals surface area contributed by atoms with Crippen LogP contribution in [0.25, 0.3) is 0 Å². The van der Waals surface area contributed by atoms with E-state index in [1.54, 1.807) is 32.4 Å². The number of carboxylic acids is 1. The van der Waals surface area contributed by atoms with Gasteiger partial charge >= 0.3 is 5.97 Å². The van der Waals surface area contributed by atoms with Gasteiger partial charge in [-0.05, 0) is 24.3 Å². The van der Waals surface area contributed by atoms with Gasteiger partial charge in [0.15, 0.2) is 0 Å². The van der Waals surface area contributed by atoms with Crippen molar-refractivity contribution in [1.82, 2.24) is 0 Å². The molecule has 2 rings (SSSR count). The number of ether oxygens (including phenoxy) is 2. The standard InChI is InChI=1S/C14H14O5/c1-17-10-3-4-12(18-2)9(7-10)8-13-11(14(15)16)5-6-19-13/h3-7H,8H2,1-2H3,(H,15,16). The number of rotatable bonds is 5. The Kier molecular flexibility index (Phi) is 3.75. The molecule has 1 heterocycles. The second-order valence-corrected chi connectivity index (χ2v) is 3.92. The number of benzene rings is 1. The van der Waals surface area contributed by atoms with Crippen LogP contribution in [0, 0.1) is 0 Å². The van der Waals surface area contributed by atoms with Crippen molar-refractivity contribution in [3.63, 3.8) is 0 Å². The molecule has 1 aromatic carbocycles. The maximum atomic E-state index is 11.0. The third kappa shape index (κ3) is 2.70. The summed E-state index contributed by atoms with van der Waals surface area (Å²) in [5.74, 6) is 0.720. The molecule has 100 valence electrons. The largest absolute Gasteiger partial charge is 0.497 e.